The van der Waals surface area contributed by atoms with Gasteiger partial charge < -0.3 is 10.2 Å². The summed E-state index contributed by atoms with van der Waals surface area (Å²) < 4.78 is 26.7. The molecular weight excluding hydrogens is 360 g/mol. The summed E-state index contributed by atoms with van der Waals surface area (Å²) in [7, 11) is 0. The monoisotopic (exact) mass is 379 g/mol. The third-order valence-electron chi connectivity index (χ3n) is 4.62. The molecule has 1 fully saturated rings. The molecule has 1 aliphatic rings. The Morgan fingerprint density at radius 1 is 1.12 bits per heavy atom. The first-order chi connectivity index (χ1) is 12.5. The lowest BCUT2D eigenvalue weighted by Gasteiger charge is -2.38. The maximum Gasteiger partial charge on any atom is 0.241 e. The lowest BCUT2D eigenvalue weighted by Crippen LogP contribution is -2.53. The largest absolute Gasteiger partial charge is 0.368 e. The second-order valence-corrected chi connectivity index (χ2v) is 6.67. The molecule has 1 N–H and O–H groups in total. The Balaban J connectivity index is 1.58. The molecule has 2 aromatic carbocycles. The summed E-state index contributed by atoms with van der Waals surface area (Å²) in [6.45, 7) is 4.64. The number of rotatable bonds is 4. The van der Waals surface area contributed by atoms with Crippen LogP contribution in [0.1, 0.15) is 6.92 Å². The predicted octanol–water partition coefficient (Wildman–Crippen LogP) is 3.77. The van der Waals surface area contributed by atoms with E-state index in [9.17, 15) is 13.6 Å². The van der Waals surface area contributed by atoms with Gasteiger partial charge in [0.05, 0.1) is 22.4 Å². The third-order valence-corrected chi connectivity index (χ3v) is 4.94. The molecule has 4 nitrogen and oxygen atoms in total. The molecule has 1 unspecified atom stereocenters. The van der Waals surface area contributed by atoms with Gasteiger partial charge in [0.2, 0.25) is 5.91 Å². The number of nitrogens with one attached hydrogen (secondary N) is 1. The highest BCUT2D eigenvalue weighted by Gasteiger charge is 2.26. The van der Waals surface area contributed by atoms with Crippen LogP contribution in [0.4, 0.5) is 20.2 Å². The van der Waals surface area contributed by atoms with E-state index in [0.717, 1.165) is 30.9 Å². The quantitative estimate of drug-likeness (QED) is 0.878. The highest BCUT2D eigenvalue weighted by molar-refractivity contribution is 6.33. The third kappa shape index (κ3) is 4.14. The molecule has 1 saturated heterocycles. The van der Waals surface area contributed by atoms with Crippen LogP contribution in [0, 0.1) is 11.6 Å². The molecule has 0 radical (unpaired) electrons. The summed E-state index contributed by atoms with van der Waals surface area (Å²) in [5.41, 5.74) is 0.970. The number of anilines is 2. The van der Waals surface area contributed by atoms with Crippen molar-refractivity contribution in [1.82, 2.24) is 4.90 Å². The van der Waals surface area contributed by atoms with Crippen LogP contribution in [-0.2, 0) is 4.79 Å². The number of carbonyl (C=O) groups is 1. The van der Waals surface area contributed by atoms with Gasteiger partial charge in [-0.05, 0) is 31.2 Å². The van der Waals surface area contributed by atoms with Crippen LogP contribution in [-0.4, -0.2) is 43.0 Å². The molecule has 2 aromatic rings. The van der Waals surface area contributed by atoms with Crippen molar-refractivity contribution in [2.75, 3.05) is 36.4 Å². The summed E-state index contributed by atoms with van der Waals surface area (Å²) >= 11 is 6.24. The van der Waals surface area contributed by atoms with E-state index in [0.29, 0.717) is 18.1 Å². The molecule has 0 bridgehead atoms. The van der Waals surface area contributed by atoms with Crippen molar-refractivity contribution in [3.63, 3.8) is 0 Å². The van der Waals surface area contributed by atoms with Gasteiger partial charge in [-0.3, -0.25) is 9.69 Å². The number of hydrogen-bond donors (Lipinski definition) is 1. The van der Waals surface area contributed by atoms with E-state index in [1.54, 1.807) is 6.92 Å². The van der Waals surface area contributed by atoms with Crippen molar-refractivity contribution >= 4 is 28.9 Å². The lowest BCUT2D eigenvalue weighted by atomic mass is 10.2. The topological polar surface area (TPSA) is 35.6 Å². The fraction of sp³-hybridized carbons (Fsp3) is 0.316. The van der Waals surface area contributed by atoms with E-state index in [1.165, 1.54) is 6.07 Å². The minimum atomic E-state index is -0.783. The molecule has 0 aromatic heterocycles. The second-order valence-electron chi connectivity index (χ2n) is 6.26. The van der Waals surface area contributed by atoms with Crippen LogP contribution in [0.15, 0.2) is 42.5 Å². The summed E-state index contributed by atoms with van der Waals surface area (Å²) in [5.74, 6) is -1.78. The van der Waals surface area contributed by atoms with Crippen molar-refractivity contribution < 1.29 is 13.6 Å². The zero-order valence-electron chi connectivity index (χ0n) is 14.4. The predicted molar refractivity (Wildman–Crippen MR) is 99.7 cm³/mol. The summed E-state index contributed by atoms with van der Waals surface area (Å²) in [6, 6.07) is 10.3. The number of nitrogens with zero attached hydrogens (tertiary/aromatic N) is 2. The van der Waals surface area contributed by atoms with Crippen LogP contribution in [0.5, 0.6) is 0 Å². The summed E-state index contributed by atoms with van der Waals surface area (Å²) in [5, 5.41) is 3.24. The van der Waals surface area contributed by atoms with Crippen LogP contribution in [0.25, 0.3) is 0 Å². The highest BCUT2D eigenvalue weighted by Crippen LogP contribution is 2.26. The zero-order valence-corrected chi connectivity index (χ0v) is 15.1. The smallest absolute Gasteiger partial charge is 0.241 e. The molecule has 0 aliphatic carbocycles. The van der Waals surface area contributed by atoms with Crippen molar-refractivity contribution in [2.45, 2.75) is 13.0 Å². The number of halogens is 3. The minimum Gasteiger partial charge on any atom is -0.368 e. The average Bonchev–Trinajstić information content (AvgIpc) is 2.64. The summed E-state index contributed by atoms with van der Waals surface area (Å²) in [4.78, 5) is 16.6. The lowest BCUT2D eigenvalue weighted by molar-refractivity contribution is -0.120. The molecular formula is C19H20ClF2N3O. The first kappa shape index (κ1) is 18.6. The Morgan fingerprint density at radius 2 is 1.81 bits per heavy atom. The van der Waals surface area contributed by atoms with Crippen molar-refractivity contribution in [3.05, 3.63) is 59.1 Å². The van der Waals surface area contributed by atoms with Gasteiger partial charge in [-0.1, -0.05) is 23.7 Å². The molecule has 1 heterocycles. The Morgan fingerprint density at radius 3 is 2.46 bits per heavy atom. The van der Waals surface area contributed by atoms with E-state index in [2.05, 4.69) is 10.2 Å². The van der Waals surface area contributed by atoms with Crippen molar-refractivity contribution in [2.24, 2.45) is 0 Å². The van der Waals surface area contributed by atoms with Gasteiger partial charge in [0, 0.05) is 32.2 Å². The molecule has 1 amide bonds. The molecule has 26 heavy (non-hydrogen) atoms. The SMILES string of the molecule is CC(C(=O)Nc1ccc(F)cc1F)N1CCN(c2ccccc2Cl)CC1. The number of para-hydroxylation sites is 1. The Bertz CT molecular complexity index is 794. The van der Waals surface area contributed by atoms with Crippen molar-refractivity contribution in [1.29, 1.82) is 0 Å². The normalized spacial score (nSPS) is 16.4. The zero-order chi connectivity index (χ0) is 18.7. The first-order valence-electron chi connectivity index (χ1n) is 8.45. The van der Waals surface area contributed by atoms with Gasteiger partial charge in [0.15, 0.2) is 0 Å². The maximum absolute atomic E-state index is 13.7. The average molecular weight is 380 g/mol. The van der Waals surface area contributed by atoms with E-state index >= 15 is 0 Å². The van der Waals surface area contributed by atoms with E-state index in [-0.39, 0.29) is 11.6 Å². The molecule has 0 spiro atoms. The number of hydrogen-bond acceptors (Lipinski definition) is 3. The standard InChI is InChI=1S/C19H20ClF2N3O/c1-13(19(26)23-17-7-6-14(21)12-16(17)22)24-8-10-25(11-9-24)18-5-3-2-4-15(18)20/h2-7,12-13H,8-11H2,1H3,(H,23,26). The van der Waals surface area contributed by atoms with Gasteiger partial charge >= 0.3 is 0 Å². The minimum absolute atomic E-state index is 0.0158. The van der Waals surface area contributed by atoms with Gasteiger partial charge in [-0.25, -0.2) is 8.78 Å². The van der Waals surface area contributed by atoms with Crippen LogP contribution >= 0.6 is 11.6 Å². The molecule has 138 valence electrons. The van der Waals surface area contributed by atoms with E-state index in [4.69, 9.17) is 11.6 Å². The maximum atomic E-state index is 13.7. The molecule has 3 rings (SSSR count). The van der Waals surface area contributed by atoms with Gasteiger partial charge in [-0.15, -0.1) is 0 Å². The first-order valence-corrected chi connectivity index (χ1v) is 8.83. The van der Waals surface area contributed by atoms with E-state index in [1.807, 2.05) is 29.2 Å². The van der Waals surface area contributed by atoms with Crippen molar-refractivity contribution in [3.8, 4) is 0 Å². The number of piperazine rings is 1. The molecule has 7 heteroatoms. The molecule has 0 saturated carbocycles. The number of carbonyl (C=O) groups excluding carboxylic acids is 1. The Labute approximate surface area is 156 Å². The van der Waals surface area contributed by atoms with Gasteiger partial charge in [-0.2, -0.15) is 0 Å². The fourth-order valence-corrected chi connectivity index (χ4v) is 3.31. The molecule has 1 atom stereocenters. The number of benzene rings is 2. The molecule has 1 aliphatic heterocycles. The highest BCUT2D eigenvalue weighted by atomic mass is 35.5. The van der Waals surface area contributed by atoms with Crippen LogP contribution in [0.2, 0.25) is 5.02 Å². The second kappa shape index (κ2) is 8.01. The fourth-order valence-electron chi connectivity index (χ4n) is 3.05. The van der Waals surface area contributed by atoms with Gasteiger partial charge in [0.1, 0.15) is 11.6 Å². The summed E-state index contributed by atoms with van der Waals surface area (Å²) in [6.07, 6.45) is 0. The number of amides is 1. The Kier molecular flexibility index (Phi) is 5.74. The van der Waals surface area contributed by atoms with Crippen LogP contribution < -0.4 is 10.2 Å². The van der Waals surface area contributed by atoms with Gasteiger partial charge in [0.25, 0.3) is 0 Å². The van der Waals surface area contributed by atoms with E-state index < -0.39 is 17.7 Å². The Hall–Kier alpha value is -2.18. The van der Waals surface area contributed by atoms with Crippen LogP contribution in [0.3, 0.4) is 0 Å².